The van der Waals surface area contributed by atoms with Gasteiger partial charge in [0, 0.05) is 5.69 Å². The molecular weight excluding hydrogens is 262 g/mol. The summed E-state index contributed by atoms with van der Waals surface area (Å²) in [5, 5.41) is 2.95. The molecule has 0 aliphatic carbocycles. The van der Waals surface area contributed by atoms with E-state index in [1.807, 2.05) is 24.3 Å². The Labute approximate surface area is 116 Å². The number of aryl methyl sites for hydroxylation is 1. The molecule has 0 saturated carbocycles. The molecule has 0 atom stereocenters. The summed E-state index contributed by atoms with van der Waals surface area (Å²) in [6.45, 7) is 2.13. The lowest BCUT2D eigenvalue weighted by atomic mass is 10.1. The molecule has 0 fully saturated rings. The minimum atomic E-state index is -0.321. The maximum atomic E-state index is 11.9. The van der Waals surface area contributed by atoms with Crippen molar-refractivity contribution >= 4 is 23.2 Å². The zero-order chi connectivity index (χ0) is 13.7. The molecule has 5 heteroatoms. The Balaban J connectivity index is 2.06. The molecule has 0 unspecified atom stereocenters. The first-order valence-electron chi connectivity index (χ1n) is 6.07. The van der Waals surface area contributed by atoms with E-state index in [2.05, 4.69) is 22.2 Å². The van der Waals surface area contributed by atoms with Crippen LogP contribution in [0.4, 0.5) is 5.69 Å². The van der Waals surface area contributed by atoms with Crippen LogP contribution in [0.1, 0.15) is 29.4 Å². The van der Waals surface area contributed by atoms with Crippen molar-refractivity contribution in [2.24, 2.45) is 0 Å². The van der Waals surface area contributed by atoms with E-state index in [0.717, 1.165) is 18.5 Å². The lowest BCUT2D eigenvalue weighted by molar-refractivity contribution is 0.102. The smallest absolute Gasteiger partial charge is 0.275 e. The van der Waals surface area contributed by atoms with Gasteiger partial charge in [-0.1, -0.05) is 37.1 Å². The number of hydrogen-bond donors (Lipinski definition) is 1. The maximum absolute atomic E-state index is 11.9. The van der Waals surface area contributed by atoms with Gasteiger partial charge in [0.05, 0.1) is 12.4 Å². The minimum Gasteiger partial charge on any atom is -0.321 e. The van der Waals surface area contributed by atoms with Crippen LogP contribution in [-0.2, 0) is 6.42 Å². The number of halogens is 1. The number of carbonyl (C=O) groups is 1. The Bertz CT molecular complexity index is 569. The molecule has 0 aliphatic heterocycles. The monoisotopic (exact) mass is 275 g/mol. The highest BCUT2D eigenvalue weighted by atomic mass is 35.5. The summed E-state index contributed by atoms with van der Waals surface area (Å²) in [6, 6.07) is 7.76. The molecule has 2 rings (SSSR count). The van der Waals surface area contributed by atoms with Crippen LogP contribution < -0.4 is 5.32 Å². The fourth-order valence-electron chi connectivity index (χ4n) is 1.69. The van der Waals surface area contributed by atoms with Gasteiger partial charge in [-0.05, 0) is 24.1 Å². The van der Waals surface area contributed by atoms with Crippen molar-refractivity contribution in [2.75, 3.05) is 5.32 Å². The molecule has 2 aromatic rings. The zero-order valence-electron chi connectivity index (χ0n) is 10.6. The van der Waals surface area contributed by atoms with E-state index in [1.54, 1.807) is 0 Å². The van der Waals surface area contributed by atoms with Crippen molar-refractivity contribution < 1.29 is 4.79 Å². The number of hydrogen-bond acceptors (Lipinski definition) is 3. The second-order valence-electron chi connectivity index (χ2n) is 4.13. The Morgan fingerprint density at radius 3 is 2.63 bits per heavy atom. The highest BCUT2D eigenvalue weighted by molar-refractivity contribution is 6.29. The second-order valence-corrected chi connectivity index (χ2v) is 4.52. The first-order valence-corrected chi connectivity index (χ1v) is 6.44. The number of aromatic nitrogens is 2. The molecule has 1 amide bonds. The molecule has 0 aliphatic rings. The van der Waals surface area contributed by atoms with E-state index in [0.29, 0.717) is 0 Å². The van der Waals surface area contributed by atoms with Crippen molar-refractivity contribution in [3.8, 4) is 0 Å². The fourth-order valence-corrected chi connectivity index (χ4v) is 1.84. The summed E-state index contributed by atoms with van der Waals surface area (Å²) >= 11 is 5.69. The van der Waals surface area contributed by atoms with Gasteiger partial charge in [-0.25, -0.2) is 4.98 Å². The Kier molecular flexibility index (Phi) is 4.47. The summed E-state index contributed by atoms with van der Waals surface area (Å²) in [4.78, 5) is 19.6. The van der Waals surface area contributed by atoms with Crippen molar-refractivity contribution in [3.63, 3.8) is 0 Å². The van der Waals surface area contributed by atoms with Crippen LogP contribution in [-0.4, -0.2) is 15.9 Å². The maximum Gasteiger partial charge on any atom is 0.275 e. The summed E-state index contributed by atoms with van der Waals surface area (Å²) in [7, 11) is 0. The van der Waals surface area contributed by atoms with Gasteiger partial charge in [-0.15, -0.1) is 0 Å². The number of rotatable bonds is 4. The first kappa shape index (κ1) is 13.5. The summed E-state index contributed by atoms with van der Waals surface area (Å²) < 4.78 is 0. The van der Waals surface area contributed by atoms with Gasteiger partial charge in [-0.3, -0.25) is 9.78 Å². The molecule has 1 aromatic heterocycles. The molecule has 1 aromatic carbocycles. The summed E-state index contributed by atoms with van der Waals surface area (Å²) in [6.07, 6.45) is 4.91. The van der Waals surface area contributed by atoms with Gasteiger partial charge in [-0.2, -0.15) is 0 Å². The second kappa shape index (κ2) is 6.29. The van der Waals surface area contributed by atoms with Gasteiger partial charge in [0.25, 0.3) is 5.91 Å². The third kappa shape index (κ3) is 3.76. The minimum absolute atomic E-state index is 0.199. The van der Waals surface area contributed by atoms with Gasteiger partial charge in [0.15, 0.2) is 0 Å². The fraction of sp³-hybridized carbons (Fsp3) is 0.214. The topological polar surface area (TPSA) is 54.9 Å². The van der Waals surface area contributed by atoms with E-state index in [1.165, 1.54) is 18.0 Å². The Morgan fingerprint density at radius 1 is 1.26 bits per heavy atom. The quantitative estimate of drug-likeness (QED) is 0.931. The van der Waals surface area contributed by atoms with E-state index >= 15 is 0 Å². The van der Waals surface area contributed by atoms with Gasteiger partial charge < -0.3 is 5.32 Å². The molecule has 0 saturated heterocycles. The average molecular weight is 276 g/mol. The number of nitrogens with one attached hydrogen (secondary N) is 1. The lowest BCUT2D eigenvalue weighted by Crippen LogP contribution is -2.14. The van der Waals surface area contributed by atoms with Gasteiger partial charge in [0.2, 0.25) is 0 Å². The molecule has 0 bridgehead atoms. The standard InChI is InChI=1S/C14H14ClN3O/c1-2-3-10-4-6-11(7-5-10)17-14(19)12-8-16-9-13(15)18-12/h4-9H,2-3H2,1H3,(H,17,19). The number of carbonyl (C=O) groups excluding carboxylic acids is 1. The molecule has 0 spiro atoms. The number of benzene rings is 1. The van der Waals surface area contributed by atoms with Crippen molar-refractivity contribution in [1.82, 2.24) is 9.97 Å². The molecule has 19 heavy (non-hydrogen) atoms. The van der Waals surface area contributed by atoms with Gasteiger partial charge in [0.1, 0.15) is 10.8 Å². The highest BCUT2D eigenvalue weighted by Crippen LogP contribution is 2.12. The van der Waals surface area contributed by atoms with Crippen molar-refractivity contribution in [2.45, 2.75) is 19.8 Å². The largest absolute Gasteiger partial charge is 0.321 e. The van der Waals surface area contributed by atoms with E-state index in [-0.39, 0.29) is 16.8 Å². The summed E-state index contributed by atoms with van der Waals surface area (Å²) in [5.74, 6) is -0.321. The number of nitrogens with zero attached hydrogens (tertiary/aromatic N) is 2. The molecule has 98 valence electrons. The normalized spacial score (nSPS) is 10.2. The third-order valence-corrected chi connectivity index (χ3v) is 2.77. The molecule has 1 heterocycles. The average Bonchev–Trinajstić information content (AvgIpc) is 2.41. The van der Waals surface area contributed by atoms with Crippen LogP contribution >= 0.6 is 11.6 Å². The first-order chi connectivity index (χ1) is 9.19. The Hall–Kier alpha value is -1.94. The van der Waals surface area contributed by atoms with Gasteiger partial charge >= 0.3 is 0 Å². The Morgan fingerprint density at radius 2 is 2.00 bits per heavy atom. The van der Waals surface area contributed by atoms with E-state index in [9.17, 15) is 4.79 Å². The SMILES string of the molecule is CCCc1ccc(NC(=O)c2cncc(Cl)n2)cc1. The third-order valence-electron chi connectivity index (χ3n) is 2.59. The lowest BCUT2D eigenvalue weighted by Gasteiger charge is -2.05. The summed E-state index contributed by atoms with van der Waals surface area (Å²) in [5.41, 5.74) is 2.18. The van der Waals surface area contributed by atoms with Crippen LogP contribution in [0.5, 0.6) is 0 Å². The van der Waals surface area contributed by atoms with Crippen LogP contribution in [0.2, 0.25) is 5.15 Å². The van der Waals surface area contributed by atoms with E-state index in [4.69, 9.17) is 11.6 Å². The van der Waals surface area contributed by atoms with E-state index < -0.39 is 0 Å². The van der Waals surface area contributed by atoms with Crippen molar-refractivity contribution in [3.05, 3.63) is 53.1 Å². The predicted molar refractivity (Wildman–Crippen MR) is 75.4 cm³/mol. The highest BCUT2D eigenvalue weighted by Gasteiger charge is 2.08. The number of amides is 1. The van der Waals surface area contributed by atoms with Crippen LogP contribution in [0.3, 0.4) is 0 Å². The zero-order valence-corrected chi connectivity index (χ0v) is 11.3. The predicted octanol–water partition coefficient (Wildman–Crippen LogP) is 3.33. The van der Waals surface area contributed by atoms with Crippen LogP contribution in [0, 0.1) is 0 Å². The molecule has 4 nitrogen and oxygen atoms in total. The number of anilines is 1. The van der Waals surface area contributed by atoms with Crippen molar-refractivity contribution in [1.29, 1.82) is 0 Å². The van der Waals surface area contributed by atoms with Crippen LogP contribution in [0.25, 0.3) is 0 Å². The van der Waals surface area contributed by atoms with Crippen LogP contribution in [0.15, 0.2) is 36.7 Å². The molecule has 1 N–H and O–H groups in total. The molecule has 0 radical (unpaired) electrons. The molecular formula is C14H14ClN3O.